The van der Waals surface area contributed by atoms with Gasteiger partial charge in [0.1, 0.15) is 11.5 Å². The Morgan fingerprint density at radius 3 is 2.09 bits per heavy atom. The summed E-state index contributed by atoms with van der Waals surface area (Å²) >= 11 is 0. The normalized spacial score (nSPS) is 13.6. The fourth-order valence-electron chi connectivity index (χ4n) is 3.90. The molecule has 0 atom stereocenters. The molecule has 0 unspecified atom stereocenters. The first-order valence-electron chi connectivity index (χ1n) is 11.0. The number of hydrogen-bond donors (Lipinski definition) is 0. The van der Waals surface area contributed by atoms with E-state index in [9.17, 15) is 4.79 Å². The van der Waals surface area contributed by atoms with E-state index in [-0.39, 0.29) is 5.91 Å². The summed E-state index contributed by atoms with van der Waals surface area (Å²) < 4.78 is 5.88. The maximum Gasteiger partial charge on any atom is 0.254 e. The van der Waals surface area contributed by atoms with Crippen molar-refractivity contribution in [1.82, 2.24) is 15.1 Å². The lowest BCUT2D eigenvalue weighted by Gasteiger charge is -2.35. The van der Waals surface area contributed by atoms with E-state index in [1.165, 1.54) is 0 Å². The molecule has 5 rings (SSSR count). The number of aromatic nitrogens is 2. The van der Waals surface area contributed by atoms with Crippen molar-refractivity contribution in [3.8, 4) is 22.8 Å². The highest BCUT2D eigenvalue weighted by atomic mass is 16.5. The maximum atomic E-state index is 13.1. The molecule has 0 radical (unpaired) electrons. The predicted molar refractivity (Wildman–Crippen MR) is 129 cm³/mol. The second-order valence-electron chi connectivity index (χ2n) is 7.86. The Labute approximate surface area is 193 Å². The van der Waals surface area contributed by atoms with Crippen LogP contribution in [0.2, 0.25) is 0 Å². The highest BCUT2D eigenvalue weighted by Gasteiger charge is 2.23. The average Bonchev–Trinajstić information content (AvgIpc) is 2.90. The summed E-state index contributed by atoms with van der Waals surface area (Å²) in [5, 5.41) is 8.80. The van der Waals surface area contributed by atoms with Crippen LogP contribution in [0, 0.1) is 0 Å². The van der Waals surface area contributed by atoms with Crippen molar-refractivity contribution >= 4 is 11.7 Å². The van der Waals surface area contributed by atoms with Crippen molar-refractivity contribution in [3.05, 3.63) is 103 Å². The van der Waals surface area contributed by atoms with Crippen LogP contribution in [0.1, 0.15) is 10.4 Å². The summed E-state index contributed by atoms with van der Waals surface area (Å²) in [6.07, 6.45) is 0. The third kappa shape index (κ3) is 4.85. The number of anilines is 1. The summed E-state index contributed by atoms with van der Waals surface area (Å²) in [5.41, 5.74) is 2.53. The summed E-state index contributed by atoms with van der Waals surface area (Å²) in [6, 6.07) is 30.9. The van der Waals surface area contributed by atoms with E-state index in [1.807, 2.05) is 95.9 Å². The van der Waals surface area contributed by atoms with Crippen LogP contribution in [0.3, 0.4) is 0 Å². The van der Waals surface area contributed by atoms with Crippen molar-refractivity contribution in [2.75, 3.05) is 31.1 Å². The van der Waals surface area contributed by atoms with Gasteiger partial charge in [0.25, 0.3) is 5.91 Å². The minimum absolute atomic E-state index is 0.0127. The largest absolute Gasteiger partial charge is 0.457 e. The van der Waals surface area contributed by atoms with Gasteiger partial charge in [-0.25, -0.2) is 0 Å². The van der Waals surface area contributed by atoms with Gasteiger partial charge in [0, 0.05) is 37.3 Å². The molecule has 0 aliphatic carbocycles. The summed E-state index contributed by atoms with van der Waals surface area (Å²) in [6.45, 7) is 2.69. The lowest BCUT2D eigenvalue weighted by atomic mass is 10.1. The number of ether oxygens (including phenoxy) is 1. The second-order valence-corrected chi connectivity index (χ2v) is 7.86. The van der Waals surface area contributed by atoms with Gasteiger partial charge in [-0.05, 0) is 42.5 Å². The van der Waals surface area contributed by atoms with E-state index < -0.39 is 0 Å². The van der Waals surface area contributed by atoms with Crippen molar-refractivity contribution in [1.29, 1.82) is 0 Å². The maximum absolute atomic E-state index is 13.1. The van der Waals surface area contributed by atoms with Crippen LogP contribution in [-0.4, -0.2) is 47.2 Å². The van der Waals surface area contributed by atoms with Crippen LogP contribution in [-0.2, 0) is 0 Å². The molecule has 6 heteroatoms. The zero-order chi connectivity index (χ0) is 22.5. The molecule has 3 aromatic carbocycles. The molecule has 0 saturated carbocycles. The van der Waals surface area contributed by atoms with Crippen LogP contribution < -0.4 is 9.64 Å². The number of piperazine rings is 1. The molecule has 0 spiro atoms. The Hall–Kier alpha value is -4.19. The zero-order valence-corrected chi connectivity index (χ0v) is 18.2. The van der Waals surface area contributed by atoms with Gasteiger partial charge >= 0.3 is 0 Å². The topological polar surface area (TPSA) is 58.6 Å². The number of para-hydroxylation sites is 1. The first-order chi connectivity index (χ1) is 16.3. The summed E-state index contributed by atoms with van der Waals surface area (Å²) in [7, 11) is 0. The highest BCUT2D eigenvalue weighted by molar-refractivity contribution is 5.94. The van der Waals surface area contributed by atoms with Crippen molar-refractivity contribution < 1.29 is 9.53 Å². The lowest BCUT2D eigenvalue weighted by Crippen LogP contribution is -2.49. The van der Waals surface area contributed by atoms with Crippen LogP contribution in [0.4, 0.5) is 5.82 Å². The molecule has 2 heterocycles. The molecule has 1 aliphatic rings. The lowest BCUT2D eigenvalue weighted by molar-refractivity contribution is 0.0746. The molecule has 0 bridgehead atoms. The van der Waals surface area contributed by atoms with Gasteiger partial charge in [-0.3, -0.25) is 4.79 Å². The van der Waals surface area contributed by atoms with Gasteiger partial charge in [-0.2, -0.15) is 0 Å². The molecule has 1 aliphatic heterocycles. The van der Waals surface area contributed by atoms with E-state index in [4.69, 9.17) is 4.74 Å². The molecule has 1 aromatic heterocycles. The summed E-state index contributed by atoms with van der Waals surface area (Å²) in [4.78, 5) is 17.1. The number of carbonyl (C=O) groups excluding carboxylic acids is 1. The van der Waals surface area contributed by atoms with E-state index >= 15 is 0 Å². The molecule has 164 valence electrons. The van der Waals surface area contributed by atoms with Crippen LogP contribution in [0.5, 0.6) is 11.5 Å². The standard InChI is InChI=1S/C27H24N4O2/c32-27(22-10-7-13-24(20-22)33-23-11-5-2-6-12-23)31-18-16-30(17-19-31)26-15-14-25(28-29-26)21-8-3-1-4-9-21/h1-15,20H,16-19H2. The molecule has 4 aromatic rings. The Kier molecular flexibility index (Phi) is 5.97. The highest BCUT2D eigenvalue weighted by Crippen LogP contribution is 2.23. The van der Waals surface area contributed by atoms with Gasteiger partial charge in [-0.1, -0.05) is 54.6 Å². The van der Waals surface area contributed by atoms with E-state index in [2.05, 4.69) is 15.1 Å². The quantitative estimate of drug-likeness (QED) is 0.445. The van der Waals surface area contributed by atoms with Gasteiger partial charge in [-0.15, -0.1) is 10.2 Å². The monoisotopic (exact) mass is 436 g/mol. The number of hydrogen-bond acceptors (Lipinski definition) is 5. The molecular formula is C27H24N4O2. The second kappa shape index (κ2) is 9.53. The molecule has 1 amide bonds. The fourth-order valence-corrected chi connectivity index (χ4v) is 3.90. The van der Waals surface area contributed by atoms with Crippen molar-refractivity contribution in [2.45, 2.75) is 0 Å². The van der Waals surface area contributed by atoms with E-state index in [0.29, 0.717) is 37.5 Å². The van der Waals surface area contributed by atoms with E-state index in [0.717, 1.165) is 22.8 Å². The van der Waals surface area contributed by atoms with Crippen molar-refractivity contribution in [2.24, 2.45) is 0 Å². The molecule has 33 heavy (non-hydrogen) atoms. The van der Waals surface area contributed by atoms with Gasteiger partial charge in [0.15, 0.2) is 5.82 Å². The zero-order valence-electron chi connectivity index (χ0n) is 18.2. The average molecular weight is 437 g/mol. The number of carbonyl (C=O) groups is 1. The van der Waals surface area contributed by atoms with Crippen LogP contribution >= 0.6 is 0 Å². The van der Waals surface area contributed by atoms with Gasteiger partial charge in [0.2, 0.25) is 0 Å². The number of benzene rings is 3. The third-order valence-corrected chi connectivity index (χ3v) is 5.67. The number of amides is 1. The Morgan fingerprint density at radius 2 is 1.39 bits per heavy atom. The van der Waals surface area contributed by atoms with Gasteiger partial charge in [0.05, 0.1) is 5.69 Å². The SMILES string of the molecule is O=C(c1cccc(Oc2ccccc2)c1)N1CCN(c2ccc(-c3ccccc3)nn2)CC1. The molecule has 1 fully saturated rings. The molecular weight excluding hydrogens is 412 g/mol. The third-order valence-electron chi connectivity index (χ3n) is 5.67. The molecule has 1 saturated heterocycles. The Balaban J connectivity index is 1.20. The minimum atomic E-state index is 0.0127. The smallest absolute Gasteiger partial charge is 0.254 e. The summed E-state index contributed by atoms with van der Waals surface area (Å²) in [5.74, 6) is 2.24. The minimum Gasteiger partial charge on any atom is -0.457 e. The molecule has 6 nitrogen and oxygen atoms in total. The Morgan fingerprint density at radius 1 is 0.697 bits per heavy atom. The van der Waals surface area contributed by atoms with Crippen molar-refractivity contribution in [3.63, 3.8) is 0 Å². The fraction of sp³-hybridized carbons (Fsp3) is 0.148. The van der Waals surface area contributed by atoms with Crippen LogP contribution in [0.25, 0.3) is 11.3 Å². The number of rotatable bonds is 5. The van der Waals surface area contributed by atoms with E-state index in [1.54, 1.807) is 6.07 Å². The first-order valence-corrected chi connectivity index (χ1v) is 11.0. The molecule has 0 N–H and O–H groups in total. The predicted octanol–water partition coefficient (Wildman–Crippen LogP) is 4.90. The number of nitrogens with zero attached hydrogens (tertiary/aromatic N) is 4. The first kappa shape index (κ1) is 20.7. The van der Waals surface area contributed by atoms with Crippen LogP contribution in [0.15, 0.2) is 97.1 Å². The van der Waals surface area contributed by atoms with Gasteiger partial charge < -0.3 is 14.5 Å². The Bertz CT molecular complexity index is 1210.